The molecule has 1 aliphatic carbocycles. The van der Waals surface area contributed by atoms with E-state index < -0.39 is 9.84 Å². The molecule has 6 nitrogen and oxygen atoms in total. The molecule has 2 fully saturated rings. The van der Waals surface area contributed by atoms with Gasteiger partial charge in [0, 0.05) is 19.0 Å². The van der Waals surface area contributed by atoms with Crippen LogP contribution in [0.3, 0.4) is 0 Å². The lowest BCUT2D eigenvalue weighted by atomic mass is 9.94. The molecule has 1 heterocycles. The Morgan fingerprint density at radius 2 is 1.90 bits per heavy atom. The van der Waals surface area contributed by atoms with Crippen molar-refractivity contribution in [3.8, 4) is 0 Å². The van der Waals surface area contributed by atoms with Crippen molar-refractivity contribution in [3.05, 3.63) is 0 Å². The fourth-order valence-corrected chi connectivity index (χ4v) is 4.90. The summed E-state index contributed by atoms with van der Waals surface area (Å²) in [6.07, 6.45) is 5.18. The minimum Gasteiger partial charge on any atom is -0.376 e. The van der Waals surface area contributed by atoms with E-state index in [1.54, 1.807) is 0 Å². The number of carbonyl (C=O) groups is 1. The molecule has 1 unspecified atom stereocenters. The van der Waals surface area contributed by atoms with E-state index in [9.17, 15) is 13.2 Å². The summed E-state index contributed by atoms with van der Waals surface area (Å²) in [5, 5.41) is 2.80. The Morgan fingerprint density at radius 1 is 1.19 bits per heavy atom. The van der Waals surface area contributed by atoms with Gasteiger partial charge in [0.05, 0.1) is 24.2 Å². The summed E-state index contributed by atoms with van der Waals surface area (Å²) < 4.78 is 28.4. The largest absolute Gasteiger partial charge is 0.376 e. The molecule has 2 rings (SSSR count). The van der Waals surface area contributed by atoms with Gasteiger partial charge in [-0.25, -0.2) is 8.42 Å². The monoisotopic (exact) mass is 318 g/mol. The number of amides is 1. The van der Waals surface area contributed by atoms with Crippen molar-refractivity contribution in [1.29, 1.82) is 0 Å². The van der Waals surface area contributed by atoms with Gasteiger partial charge in [-0.05, 0) is 38.0 Å². The molecule has 1 amide bonds. The fourth-order valence-electron chi connectivity index (χ4n) is 3.04. The third-order valence-electron chi connectivity index (χ3n) is 4.30. The molecule has 1 atom stereocenters. The minimum absolute atomic E-state index is 0.0178. The van der Waals surface area contributed by atoms with E-state index in [2.05, 4.69) is 5.32 Å². The van der Waals surface area contributed by atoms with Crippen LogP contribution >= 0.6 is 0 Å². The number of nitrogens with two attached hydrogens (primary N) is 1. The summed E-state index contributed by atoms with van der Waals surface area (Å²) in [5.74, 6) is 0.277. The Labute approximate surface area is 126 Å². The summed E-state index contributed by atoms with van der Waals surface area (Å²) in [5.41, 5.74) is 5.83. The van der Waals surface area contributed by atoms with Crippen LogP contribution in [-0.4, -0.2) is 51.1 Å². The van der Waals surface area contributed by atoms with Crippen LogP contribution in [0.25, 0.3) is 0 Å². The maximum absolute atomic E-state index is 11.7. The number of carbonyl (C=O) groups excluding carboxylic acids is 1. The van der Waals surface area contributed by atoms with Crippen molar-refractivity contribution in [2.75, 3.05) is 24.7 Å². The molecule has 0 aromatic carbocycles. The smallest absolute Gasteiger partial charge is 0.220 e. The van der Waals surface area contributed by atoms with Crippen molar-refractivity contribution >= 4 is 15.7 Å². The van der Waals surface area contributed by atoms with Crippen LogP contribution in [0.4, 0.5) is 0 Å². The molecule has 0 spiro atoms. The number of sulfone groups is 1. The van der Waals surface area contributed by atoms with Gasteiger partial charge in [0.2, 0.25) is 5.91 Å². The van der Waals surface area contributed by atoms with Gasteiger partial charge in [-0.2, -0.15) is 0 Å². The van der Waals surface area contributed by atoms with Gasteiger partial charge < -0.3 is 15.8 Å². The van der Waals surface area contributed by atoms with Crippen molar-refractivity contribution in [2.24, 2.45) is 11.7 Å². The first-order valence-corrected chi connectivity index (χ1v) is 9.61. The molecule has 0 aromatic heterocycles. The molecule has 0 bridgehead atoms. The van der Waals surface area contributed by atoms with E-state index >= 15 is 0 Å². The highest BCUT2D eigenvalue weighted by Crippen LogP contribution is 2.21. The Morgan fingerprint density at radius 3 is 2.52 bits per heavy atom. The normalized spacial score (nSPS) is 32.0. The molecule has 122 valence electrons. The van der Waals surface area contributed by atoms with Crippen molar-refractivity contribution in [2.45, 2.75) is 50.7 Å². The van der Waals surface area contributed by atoms with E-state index in [4.69, 9.17) is 10.5 Å². The Kier molecular flexibility index (Phi) is 6.01. The molecule has 0 aromatic rings. The van der Waals surface area contributed by atoms with Gasteiger partial charge in [0.25, 0.3) is 0 Å². The van der Waals surface area contributed by atoms with Crippen molar-refractivity contribution in [3.63, 3.8) is 0 Å². The molecule has 3 N–H and O–H groups in total. The van der Waals surface area contributed by atoms with Gasteiger partial charge in [0.1, 0.15) is 0 Å². The van der Waals surface area contributed by atoms with Crippen LogP contribution in [0, 0.1) is 5.92 Å². The van der Waals surface area contributed by atoms with Gasteiger partial charge >= 0.3 is 0 Å². The van der Waals surface area contributed by atoms with Crippen LogP contribution < -0.4 is 11.1 Å². The SMILES string of the molecule is NC1CCC(OCCNC(=O)CC2CCS(=O)(=O)C2)CC1. The van der Waals surface area contributed by atoms with E-state index in [1.165, 1.54) is 0 Å². The van der Waals surface area contributed by atoms with Crippen LogP contribution in [0.1, 0.15) is 38.5 Å². The zero-order valence-electron chi connectivity index (χ0n) is 12.4. The van der Waals surface area contributed by atoms with Crippen LogP contribution in [0.15, 0.2) is 0 Å². The first kappa shape index (κ1) is 16.7. The Bertz CT molecular complexity index is 444. The number of rotatable bonds is 6. The molecule has 1 saturated heterocycles. The predicted octanol–water partition coefficient (Wildman–Crippen LogP) is 0.214. The van der Waals surface area contributed by atoms with E-state index in [0.29, 0.717) is 32.0 Å². The van der Waals surface area contributed by atoms with E-state index in [0.717, 1.165) is 25.7 Å². The van der Waals surface area contributed by atoms with E-state index in [1.807, 2.05) is 0 Å². The molecule has 1 aliphatic heterocycles. The maximum Gasteiger partial charge on any atom is 0.220 e. The average Bonchev–Trinajstić information content (AvgIpc) is 2.76. The zero-order chi connectivity index (χ0) is 15.3. The average molecular weight is 318 g/mol. The van der Waals surface area contributed by atoms with Crippen LogP contribution in [-0.2, 0) is 19.4 Å². The highest BCUT2D eigenvalue weighted by atomic mass is 32.2. The summed E-state index contributed by atoms with van der Waals surface area (Å²) in [7, 11) is -2.90. The fraction of sp³-hybridized carbons (Fsp3) is 0.929. The van der Waals surface area contributed by atoms with Gasteiger partial charge in [-0.15, -0.1) is 0 Å². The molecule has 1 saturated carbocycles. The predicted molar refractivity (Wildman–Crippen MR) is 80.6 cm³/mol. The quantitative estimate of drug-likeness (QED) is 0.682. The summed E-state index contributed by atoms with van der Waals surface area (Å²) in [4.78, 5) is 11.7. The highest BCUT2D eigenvalue weighted by molar-refractivity contribution is 7.91. The molecule has 0 radical (unpaired) electrons. The van der Waals surface area contributed by atoms with Gasteiger partial charge in [-0.3, -0.25) is 4.79 Å². The minimum atomic E-state index is -2.90. The van der Waals surface area contributed by atoms with E-state index in [-0.39, 0.29) is 29.4 Å². The lowest BCUT2D eigenvalue weighted by Gasteiger charge is -2.26. The summed E-state index contributed by atoms with van der Waals surface area (Å²) in [6.45, 7) is 0.996. The first-order chi connectivity index (χ1) is 9.94. The maximum atomic E-state index is 11.7. The number of nitrogens with one attached hydrogen (secondary N) is 1. The van der Waals surface area contributed by atoms with Crippen LogP contribution in [0.5, 0.6) is 0 Å². The Balaban J connectivity index is 1.53. The summed E-state index contributed by atoms with van der Waals surface area (Å²) in [6, 6.07) is 0.312. The molecular formula is C14H26N2O4S. The second kappa shape index (κ2) is 7.56. The summed E-state index contributed by atoms with van der Waals surface area (Å²) >= 11 is 0. The lowest BCUT2D eigenvalue weighted by Crippen LogP contribution is -2.33. The third kappa shape index (κ3) is 5.92. The molecule has 2 aliphatic rings. The first-order valence-electron chi connectivity index (χ1n) is 7.79. The zero-order valence-corrected chi connectivity index (χ0v) is 13.2. The van der Waals surface area contributed by atoms with Gasteiger partial charge in [0.15, 0.2) is 9.84 Å². The van der Waals surface area contributed by atoms with Gasteiger partial charge in [-0.1, -0.05) is 0 Å². The van der Waals surface area contributed by atoms with Crippen molar-refractivity contribution < 1.29 is 17.9 Å². The molecular weight excluding hydrogens is 292 g/mol. The standard InChI is InChI=1S/C14H26N2O4S/c15-12-1-3-13(4-2-12)20-7-6-16-14(17)9-11-5-8-21(18,19)10-11/h11-13H,1-10,15H2,(H,16,17). The second-order valence-electron chi connectivity index (χ2n) is 6.23. The number of ether oxygens (including phenoxy) is 1. The van der Waals surface area contributed by atoms with Crippen molar-refractivity contribution in [1.82, 2.24) is 5.32 Å². The second-order valence-corrected chi connectivity index (χ2v) is 8.46. The highest BCUT2D eigenvalue weighted by Gasteiger charge is 2.29. The molecule has 7 heteroatoms. The topological polar surface area (TPSA) is 98.5 Å². The number of hydrogen-bond acceptors (Lipinski definition) is 5. The third-order valence-corrected chi connectivity index (χ3v) is 6.13. The molecule has 21 heavy (non-hydrogen) atoms. The lowest BCUT2D eigenvalue weighted by molar-refractivity contribution is -0.122. The number of hydrogen-bond donors (Lipinski definition) is 2. The Hall–Kier alpha value is -0.660. The van der Waals surface area contributed by atoms with Crippen LogP contribution in [0.2, 0.25) is 0 Å².